The molecule has 0 amide bonds. The quantitative estimate of drug-likeness (QED) is 0.924. The first kappa shape index (κ1) is 16.4. The molecule has 0 atom stereocenters. The summed E-state index contributed by atoms with van der Waals surface area (Å²) < 4.78 is 5.39. The fraction of sp³-hybridized carbons (Fsp3) is 0.364. The molecule has 1 heterocycles. The number of rotatable bonds is 4. The lowest BCUT2D eigenvalue weighted by Crippen LogP contribution is -2.40. The number of aliphatic hydroxyl groups excluding tert-OH is 1. The van der Waals surface area contributed by atoms with E-state index in [9.17, 15) is 5.11 Å². The average molecular weight is 335 g/mol. The lowest BCUT2D eigenvalue weighted by Gasteiger charge is -2.39. The van der Waals surface area contributed by atoms with Crippen LogP contribution in [0.3, 0.4) is 0 Å². The van der Waals surface area contributed by atoms with Gasteiger partial charge in [-0.2, -0.15) is 0 Å². The molecule has 0 unspecified atom stereocenters. The van der Waals surface area contributed by atoms with Gasteiger partial charge < -0.3 is 9.84 Å². The Hall–Kier alpha value is -2.10. The lowest BCUT2D eigenvalue weighted by molar-refractivity contribution is 0.177. The molecule has 4 rings (SSSR count). The van der Waals surface area contributed by atoms with Crippen molar-refractivity contribution in [2.24, 2.45) is 0 Å². The topological polar surface area (TPSA) is 32.7 Å². The zero-order valence-electron chi connectivity index (χ0n) is 14.7. The first-order valence-electron chi connectivity index (χ1n) is 9.02. The molecule has 0 saturated carbocycles. The lowest BCUT2D eigenvalue weighted by atomic mass is 9.74. The van der Waals surface area contributed by atoms with Gasteiger partial charge in [-0.1, -0.05) is 48.6 Å². The number of hydrogen-bond donors (Lipinski definition) is 1. The largest absolute Gasteiger partial charge is 0.496 e. The van der Waals surface area contributed by atoms with Gasteiger partial charge in [0.05, 0.1) is 13.7 Å². The molecule has 2 aromatic carbocycles. The van der Waals surface area contributed by atoms with Crippen LogP contribution in [-0.2, 0) is 18.6 Å². The number of allylic oxidation sites excluding steroid dienone is 1. The average Bonchev–Trinajstić information content (AvgIpc) is 3.02. The van der Waals surface area contributed by atoms with E-state index in [4.69, 9.17) is 4.74 Å². The minimum atomic E-state index is 0.0153. The van der Waals surface area contributed by atoms with Crippen LogP contribution in [0.5, 0.6) is 5.75 Å². The summed E-state index contributed by atoms with van der Waals surface area (Å²) >= 11 is 0. The number of aliphatic hydroxyl groups is 1. The normalized spacial score (nSPS) is 18.5. The zero-order chi connectivity index (χ0) is 17.3. The number of piperidine rings is 1. The van der Waals surface area contributed by atoms with Crippen LogP contribution in [0.1, 0.15) is 35.1 Å². The summed E-state index contributed by atoms with van der Waals surface area (Å²) in [7, 11) is 1.66. The molecule has 3 nitrogen and oxygen atoms in total. The highest BCUT2D eigenvalue weighted by molar-refractivity contribution is 5.65. The molecular weight excluding hydrogens is 310 g/mol. The molecule has 1 spiro atoms. The third kappa shape index (κ3) is 2.99. The summed E-state index contributed by atoms with van der Waals surface area (Å²) in [5.74, 6) is 0.779. The van der Waals surface area contributed by atoms with E-state index in [-0.39, 0.29) is 12.0 Å². The van der Waals surface area contributed by atoms with Crippen LogP contribution in [-0.4, -0.2) is 30.2 Å². The van der Waals surface area contributed by atoms with Crippen molar-refractivity contribution >= 4 is 6.08 Å². The Morgan fingerprint density at radius 2 is 1.92 bits per heavy atom. The van der Waals surface area contributed by atoms with E-state index >= 15 is 0 Å². The molecule has 2 aliphatic rings. The van der Waals surface area contributed by atoms with Crippen LogP contribution in [0.15, 0.2) is 48.5 Å². The highest BCUT2D eigenvalue weighted by Gasteiger charge is 2.37. The second-order valence-electron chi connectivity index (χ2n) is 7.16. The van der Waals surface area contributed by atoms with Gasteiger partial charge in [-0.3, -0.25) is 4.90 Å². The number of likely N-dealkylation sites (tertiary alicyclic amines) is 1. The molecule has 1 fully saturated rings. The molecule has 25 heavy (non-hydrogen) atoms. The Balaban J connectivity index is 1.44. The van der Waals surface area contributed by atoms with Crippen molar-refractivity contribution < 1.29 is 9.84 Å². The summed E-state index contributed by atoms with van der Waals surface area (Å²) in [6.45, 7) is 3.15. The first-order chi connectivity index (χ1) is 12.2. The van der Waals surface area contributed by atoms with Gasteiger partial charge >= 0.3 is 0 Å². The summed E-state index contributed by atoms with van der Waals surface area (Å²) in [5.41, 5.74) is 5.22. The van der Waals surface area contributed by atoms with Crippen molar-refractivity contribution in [1.82, 2.24) is 4.90 Å². The molecule has 130 valence electrons. The van der Waals surface area contributed by atoms with E-state index < -0.39 is 0 Å². The fourth-order valence-corrected chi connectivity index (χ4v) is 4.26. The van der Waals surface area contributed by atoms with Crippen LogP contribution in [0.2, 0.25) is 0 Å². The van der Waals surface area contributed by atoms with Crippen LogP contribution >= 0.6 is 0 Å². The van der Waals surface area contributed by atoms with Crippen molar-refractivity contribution in [2.75, 3.05) is 20.2 Å². The maximum absolute atomic E-state index is 9.36. The SMILES string of the molecule is COc1cc(CN2CCC3(C=Cc4ccccc43)CC2)ccc1CO. The van der Waals surface area contributed by atoms with E-state index in [0.29, 0.717) is 0 Å². The molecule has 1 N–H and O–H groups in total. The first-order valence-corrected chi connectivity index (χ1v) is 9.02. The predicted molar refractivity (Wildman–Crippen MR) is 101 cm³/mol. The van der Waals surface area contributed by atoms with Crippen molar-refractivity contribution in [3.63, 3.8) is 0 Å². The molecule has 2 aromatic rings. The van der Waals surface area contributed by atoms with E-state index in [1.54, 1.807) is 7.11 Å². The minimum Gasteiger partial charge on any atom is -0.496 e. The van der Waals surface area contributed by atoms with Crippen molar-refractivity contribution in [1.29, 1.82) is 0 Å². The van der Waals surface area contributed by atoms with Crippen molar-refractivity contribution in [3.8, 4) is 5.75 Å². The number of fused-ring (bicyclic) bond motifs is 2. The molecule has 1 aliphatic heterocycles. The Morgan fingerprint density at radius 1 is 1.12 bits per heavy atom. The smallest absolute Gasteiger partial charge is 0.124 e. The van der Waals surface area contributed by atoms with Gasteiger partial charge in [0.25, 0.3) is 0 Å². The maximum atomic E-state index is 9.36. The van der Waals surface area contributed by atoms with E-state index in [0.717, 1.165) is 30.9 Å². The van der Waals surface area contributed by atoms with Crippen molar-refractivity contribution in [2.45, 2.75) is 31.4 Å². The van der Waals surface area contributed by atoms with Crippen LogP contribution in [0.4, 0.5) is 0 Å². The van der Waals surface area contributed by atoms with E-state index in [1.807, 2.05) is 6.07 Å². The van der Waals surface area contributed by atoms with Gasteiger partial charge in [-0.25, -0.2) is 0 Å². The summed E-state index contributed by atoms with van der Waals surface area (Å²) in [6, 6.07) is 14.9. The van der Waals surface area contributed by atoms with Crippen LogP contribution in [0, 0.1) is 0 Å². The summed E-state index contributed by atoms with van der Waals surface area (Å²) in [5, 5.41) is 9.36. The second kappa shape index (κ2) is 6.66. The Kier molecular flexibility index (Phi) is 4.36. The third-order valence-electron chi connectivity index (χ3n) is 5.76. The van der Waals surface area contributed by atoms with E-state index in [2.05, 4.69) is 53.5 Å². The van der Waals surface area contributed by atoms with Gasteiger partial charge in [-0.15, -0.1) is 0 Å². The van der Waals surface area contributed by atoms with Gasteiger partial charge in [0.15, 0.2) is 0 Å². The van der Waals surface area contributed by atoms with Crippen molar-refractivity contribution in [3.05, 3.63) is 70.8 Å². The zero-order valence-corrected chi connectivity index (χ0v) is 14.7. The Morgan fingerprint density at radius 3 is 2.68 bits per heavy atom. The van der Waals surface area contributed by atoms with Crippen LogP contribution < -0.4 is 4.74 Å². The molecular formula is C22H25NO2. The molecule has 0 radical (unpaired) electrons. The van der Waals surface area contributed by atoms with Gasteiger partial charge in [0, 0.05) is 17.5 Å². The number of ether oxygens (including phenoxy) is 1. The highest BCUT2D eigenvalue weighted by atomic mass is 16.5. The monoisotopic (exact) mass is 335 g/mol. The summed E-state index contributed by atoms with van der Waals surface area (Å²) in [6.07, 6.45) is 7.07. The predicted octanol–water partition coefficient (Wildman–Crippen LogP) is 3.75. The maximum Gasteiger partial charge on any atom is 0.124 e. The minimum absolute atomic E-state index is 0.0153. The highest BCUT2D eigenvalue weighted by Crippen LogP contribution is 2.43. The van der Waals surface area contributed by atoms with Gasteiger partial charge in [0.1, 0.15) is 5.75 Å². The second-order valence-corrected chi connectivity index (χ2v) is 7.16. The number of hydrogen-bond acceptors (Lipinski definition) is 3. The Bertz CT molecular complexity index is 788. The standard InChI is InChI=1S/C22H25NO2/c1-25-21-14-17(6-7-19(21)16-24)15-23-12-10-22(11-13-23)9-8-18-4-2-3-5-20(18)22/h2-9,14,24H,10-13,15-16H2,1H3. The molecule has 0 aromatic heterocycles. The van der Waals surface area contributed by atoms with Gasteiger partial charge in [-0.05, 0) is 48.7 Å². The van der Waals surface area contributed by atoms with Gasteiger partial charge in [0.2, 0.25) is 0 Å². The number of methoxy groups -OCH3 is 1. The third-order valence-corrected chi connectivity index (χ3v) is 5.76. The molecule has 3 heteroatoms. The molecule has 1 saturated heterocycles. The Labute approximate surface area is 149 Å². The molecule has 1 aliphatic carbocycles. The molecule has 0 bridgehead atoms. The number of nitrogens with zero attached hydrogens (tertiary/aromatic N) is 1. The van der Waals surface area contributed by atoms with E-state index in [1.165, 1.54) is 29.5 Å². The van der Waals surface area contributed by atoms with Crippen LogP contribution in [0.25, 0.3) is 6.08 Å². The fourth-order valence-electron chi connectivity index (χ4n) is 4.26. The number of benzene rings is 2. The summed E-state index contributed by atoms with van der Waals surface area (Å²) in [4.78, 5) is 2.52.